The van der Waals surface area contributed by atoms with Crippen molar-refractivity contribution in [3.8, 4) is 11.9 Å². The molecule has 6 nitrogen and oxygen atoms in total. The molecule has 1 aromatic rings. The lowest BCUT2D eigenvalue weighted by molar-refractivity contribution is 0.277. The summed E-state index contributed by atoms with van der Waals surface area (Å²) in [7, 11) is -2.50. The van der Waals surface area contributed by atoms with Crippen molar-refractivity contribution in [2.75, 3.05) is 7.11 Å². The zero-order chi connectivity index (χ0) is 16.4. The average Bonchev–Trinajstić information content (AvgIpc) is 2.49. The largest absolute Gasteiger partial charge is 0.480 e. The van der Waals surface area contributed by atoms with Crippen LogP contribution in [0.2, 0.25) is 0 Å². The van der Waals surface area contributed by atoms with Crippen LogP contribution in [0.15, 0.2) is 17.2 Å². The highest BCUT2D eigenvalue weighted by atomic mass is 32.2. The first-order valence-corrected chi connectivity index (χ1v) is 8.76. The number of nitrogens with zero attached hydrogens (tertiary/aromatic N) is 2. The van der Waals surface area contributed by atoms with Gasteiger partial charge in [0.15, 0.2) is 0 Å². The Morgan fingerprint density at radius 1 is 1.45 bits per heavy atom. The van der Waals surface area contributed by atoms with Crippen LogP contribution in [0, 0.1) is 24.2 Å². The van der Waals surface area contributed by atoms with Crippen molar-refractivity contribution in [1.82, 2.24) is 9.71 Å². The molecule has 22 heavy (non-hydrogen) atoms. The van der Waals surface area contributed by atoms with E-state index < -0.39 is 15.6 Å². The van der Waals surface area contributed by atoms with E-state index >= 15 is 0 Å². The smallest absolute Gasteiger partial charge is 0.247 e. The third-order valence-corrected chi connectivity index (χ3v) is 5.64. The minimum atomic E-state index is -3.87. The normalized spacial score (nSPS) is 25.5. The van der Waals surface area contributed by atoms with Crippen molar-refractivity contribution >= 4 is 10.0 Å². The van der Waals surface area contributed by atoms with Crippen LogP contribution < -0.4 is 9.46 Å². The standard InChI is InChI=1S/C15H21N3O3S/c1-11-4-6-15(10-16,7-5-11)18-22(19,20)13-8-12(2)9-17-14(13)21-3/h8-9,11,18H,4-7H2,1-3H3. The van der Waals surface area contributed by atoms with Gasteiger partial charge < -0.3 is 4.74 Å². The third kappa shape index (κ3) is 3.39. The molecule has 0 unspecified atom stereocenters. The Balaban J connectivity index is 2.35. The first-order chi connectivity index (χ1) is 10.3. The van der Waals surface area contributed by atoms with E-state index in [1.165, 1.54) is 13.2 Å². The van der Waals surface area contributed by atoms with Crippen LogP contribution >= 0.6 is 0 Å². The SMILES string of the molecule is COc1ncc(C)cc1S(=O)(=O)NC1(C#N)CCC(C)CC1. The Kier molecular flexibility index (Phi) is 4.73. The van der Waals surface area contributed by atoms with E-state index in [1.54, 1.807) is 13.1 Å². The summed E-state index contributed by atoms with van der Waals surface area (Å²) in [6, 6.07) is 3.67. The summed E-state index contributed by atoms with van der Waals surface area (Å²) in [5.41, 5.74) is -0.329. The van der Waals surface area contributed by atoms with Gasteiger partial charge in [0, 0.05) is 6.20 Å². The summed E-state index contributed by atoms with van der Waals surface area (Å²) < 4.78 is 33.0. The fourth-order valence-electron chi connectivity index (χ4n) is 2.68. The predicted octanol–water partition coefficient (Wildman–Crippen LogP) is 2.15. The molecule has 0 bridgehead atoms. The number of methoxy groups -OCH3 is 1. The van der Waals surface area contributed by atoms with Gasteiger partial charge in [-0.15, -0.1) is 0 Å². The van der Waals surface area contributed by atoms with Crippen LogP contribution in [0.5, 0.6) is 5.88 Å². The fourth-order valence-corrected chi connectivity index (χ4v) is 4.26. The Morgan fingerprint density at radius 3 is 2.64 bits per heavy atom. The van der Waals surface area contributed by atoms with Crippen molar-refractivity contribution < 1.29 is 13.2 Å². The van der Waals surface area contributed by atoms with E-state index in [1.807, 2.05) is 0 Å². The lowest BCUT2D eigenvalue weighted by Gasteiger charge is -2.34. The maximum absolute atomic E-state index is 12.7. The summed E-state index contributed by atoms with van der Waals surface area (Å²) in [4.78, 5) is 3.97. The molecule has 1 saturated carbocycles. The molecule has 0 saturated heterocycles. The molecule has 1 fully saturated rings. The molecule has 0 radical (unpaired) electrons. The van der Waals surface area contributed by atoms with E-state index in [9.17, 15) is 13.7 Å². The second kappa shape index (κ2) is 6.23. The van der Waals surface area contributed by atoms with Crippen LogP contribution in [-0.2, 0) is 10.0 Å². The zero-order valence-electron chi connectivity index (χ0n) is 13.1. The van der Waals surface area contributed by atoms with Gasteiger partial charge in [-0.25, -0.2) is 13.4 Å². The van der Waals surface area contributed by atoms with E-state index in [0.717, 1.165) is 12.8 Å². The molecule has 7 heteroatoms. The molecule has 0 spiro atoms. The van der Waals surface area contributed by atoms with Crippen LogP contribution in [0.1, 0.15) is 38.2 Å². The molecule has 2 rings (SSSR count). The third-order valence-electron chi connectivity index (χ3n) is 4.11. The van der Waals surface area contributed by atoms with Gasteiger partial charge in [-0.3, -0.25) is 0 Å². The van der Waals surface area contributed by atoms with Crippen LogP contribution in [0.4, 0.5) is 0 Å². The summed E-state index contributed by atoms with van der Waals surface area (Å²) >= 11 is 0. The summed E-state index contributed by atoms with van der Waals surface area (Å²) in [5, 5.41) is 9.50. The van der Waals surface area contributed by atoms with Gasteiger partial charge in [0.05, 0.1) is 13.2 Å². The number of hydrogen-bond acceptors (Lipinski definition) is 5. The summed E-state index contributed by atoms with van der Waals surface area (Å²) in [6.07, 6.45) is 4.25. The van der Waals surface area contributed by atoms with Crippen molar-refractivity contribution in [2.45, 2.75) is 50.0 Å². The van der Waals surface area contributed by atoms with Crippen LogP contribution in [0.3, 0.4) is 0 Å². The lowest BCUT2D eigenvalue weighted by Crippen LogP contribution is -2.49. The summed E-state index contributed by atoms with van der Waals surface area (Å²) in [6.45, 7) is 3.87. The minimum absolute atomic E-state index is 0.0248. The Labute approximate surface area is 131 Å². The molecule has 120 valence electrons. The second-order valence-corrected chi connectivity index (χ2v) is 7.65. The zero-order valence-corrected chi connectivity index (χ0v) is 13.9. The molecular formula is C15H21N3O3S. The van der Waals surface area contributed by atoms with Crippen molar-refractivity contribution in [3.05, 3.63) is 17.8 Å². The van der Waals surface area contributed by atoms with Crippen molar-refractivity contribution in [3.63, 3.8) is 0 Å². The van der Waals surface area contributed by atoms with Crippen LogP contribution in [0.25, 0.3) is 0 Å². The number of aromatic nitrogens is 1. The first-order valence-electron chi connectivity index (χ1n) is 7.28. The van der Waals surface area contributed by atoms with Gasteiger partial charge in [-0.05, 0) is 50.2 Å². The number of hydrogen-bond donors (Lipinski definition) is 1. The van der Waals surface area contributed by atoms with Crippen molar-refractivity contribution in [2.24, 2.45) is 5.92 Å². The maximum atomic E-state index is 12.7. The predicted molar refractivity (Wildman–Crippen MR) is 81.8 cm³/mol. The Hall–Kier alpha value is -1.65. The molecular weight excluding hydrogens is 302 g/mol. The Bertz CT molecular complexity index is 686. The second-order valence-electron chi connectivity index (χ2n) is 6.00. The monoisotopic (exact) mass is 323 g/mol. The molecule has 1 heterocycles. The van der Waals surface area contributed by atoms with Gasteiger partial charge in [-0.2, -0.15) is 9.98 Å². The van der Waals surface area contributed by atoms with Gasteiger partial charge in [0.2, 0.25) is 15.9 Å². The van der Waals surface area contributed by atoms with E-state index in [-0.39, 0.29) is 10.8 Å². The molecule has 0 atom stereocenters. The number of rotatable bonds is 4. The lowest BCUT2D eigenvalue weighted by atomic mass is 9.79. The molecule has 1 N–H and O–H groups in total. The van der Waals surface area contributed by atoms with Crippen molar-refractivity contribution in [1.29, 1.82) is 5.26 Å². The molecule has 1 aromatic heterocycles. The van der Waals surface area contributed by atoms with E-state index in [0.29, 0.717) is 24.3 Å². The number of ether oxygens (including phenoxy) is 1. The molecule has 1 aliphatic rings. The maximum Gasteiger partial charge on any atom is 0.247 e. The minimum Gasteiger partial charge on any atom is -0.480 e. The van der Waals surface area contributed by atoms with Gasteiger partial charge in [0.25, 0.3) is 0 Å². The van der Waals surface area contributed by atoms with Gasteiger partial charge in [0.1, 0.15) is 10.4 Å². The topological polar surface area (TPSA) is 92.1 Å². The number of nitrogens with one attached hydrogen (secondary N) is 1. The first kappa shape index (κ1) is 16.7. The Morgan fingerprint density at radius 2 is 2.09 bits per heavy atom. The highest BCUT2D eigenvalue weighted by Gasteiger charge is 2.39. The quantitative estimate of drug-likeness (QED) is 0.916. The number of aryl methyl sites for hydroxylation is 1. The number of pyridine rings is 1. The summed E-state index contributed by atoms with van der Waals surface area (Å²) in [5.74, 6) is 0.552. The molecule has 0 aliphatic heterocycles. The molecule has 0 amide bonds. The van der Waals surface area contributed by atoms with E-state index in [4.69, 9.17) is 4.74 Å². The molecule has 1 aliphatic carbocycles. The molecule has 0 aromatic carbocycles. The highest BCUT2D eigenvalue weighted by Crippen LogP contribution is 2.33. The fraction of sp³-hybridized carbons (Fsp3) is 0.600. The van der Waals surface area contributed by atoms with Crippen LogP contribution in [-0.4, -0.2) is 26.1 Å². The average molecular weight is 323 g/mol. The number of nitriles is 1. The van der Waals surface area contributed by atoms with E-state index in [2.05, 4.69) is 22.7 Å². The highest BCUT2D eigenvalue weighted by molar-refractivity contribution is 7.89. The van der Waals surface area contributed by atoms with Gasteiger partial charge in [-0.1, -0.05) is 6.92 Å². The number of sulfonamides is 1. The van der Waals surface area contributed by atoms with Gasteiger partial charge >= 0.3 is 0 Å².